The van der Waals surface area contributed by atoms with Crippen molar-refractivity contribution in [3.05, 3.63) is 0 Å². The molecular formula is C16H24N2O4. The molecular weight excluding hydrogens is 284 g/mol. The summed E-state index contributed by atoms with van der Waals surface area (Å²) in [5, 5.41) is 16.9. The lowest BCUT2D eigenvalue weighted by Crippen LogP contribution is -2.35. The number of hydrogen-bond donors (Lipinski definition) is 0. The van der Waals surface area contributed by atoms with Gasteiger partial charge in [-0.3, -0.25) is 9.59 Å². The molecule has 0 aliphatic rings. The minimum absolute atomic E-state index is 0.114. The Labute approximate surface area is 132 Å². The standard InChI is InChI=1S/C16H24N2O4/c1-12(2)13(3)14(15(19)21-10-6-4-8-17)16(20)22-11-7-5-9-18/h12-14H,4-7,10-11H2,1-3H3. The smallest absolute Gasteiger partial charge is 0.320 e. The zero-order valence-corrected chi connectivity index (χ0v) is 13.5. The Morgan fingerprint density at radius 1 is 0.909 bits per heavy atom. The molecule has 0 heterocycles. The summed E-state index contributed by atoms with van der Waals surface area (Å²) in [5.41, 5.74) is 0. The lowest BCUT2D eigenvalue weighted by atomic mass is 9.85. The van der Waals surface area contributed by atoms with Crippen LogP contribution < -0.4 is 0 Å². The van der Waals surface area contributed by atoms with Gasteiger partial charge in [-0.2, -0.15) is 10.5 Å². The van der Waals surface area contributed by atoms with E-state index in [9.17, 15) is 9.59 Å². The van der Waals surface area contributed by atoms with E-state index in [0.29, 0.717) is 25.7 Å². The number of nitrogens with zero attached hydrogens (tertiary/aromatic N) is 2. The molecule has 1 unspecified atom stereocenters. The summed E-state index contributed by atoms with van der Waals surface area (Å²) in [6.45, 7) is 5.89. The topological polar surface area (TPSA) is 100 Å². The van der Waals surface area contributed by atoms with E-state index in [1.54, 1.807) is 0 Å². The second kappa shape index (κ2) is 11.6. The van der Waals surface area contributed by atoms with E-state index in [4.69, 9.17) is 20.0 Å². The number of carbonyl (C=O) groups is 2. The highest BCUT2D eigenvalue weighted by atomic mass is 16.6. The number of nitriles is 2. The zero-order chi connectivity index (χ0) is 17.0. The summed E-state index contributed by atoms with van der Waals surface area (Å²) in [5.74, 6) is -2.28. The largest absolute Gasteiger partial charge is 0.465 e. The van der Waals surface area contributed by atoms with Gasteiger partial charge in [-0.25, -0.2) is 0 Å². The molecule has 0 aromatic carbocycles. The third-order valence-electron chi connectivity index (χ3n) is 3.44. The minimum atomic E-state index is -0.968. The molecule has 0 aromatic heterocycles. The number of unbranched alkanes of at least 4 members (excludes halogenated alkanes) is 2. The van der Waals surface area contributed by atoms with E-state index < -0.39 is 17.9 Å². The number of ether oxygens (including phenoxy) is 2. The van der Waals surface area contributed by atoms with E-state index in [-0.39, 0.29) is 25.0 Å². The molecule has 0 amide bonds. The Morgan fingerprint density at radius 2 is 1.32 bits per heavy atom. The van der Waals surface area contributed by atoms with Crippen LogP contribution in [-0.2, 0) is 19.1 Å². The predicted molar refractivity (Wildman–Crippen MR) is 79.1 cm³/mol. The molecule has 22 heavy (non-hydrogen) atoms. The van der Waals surface area contributed by atoms with E-state index in [1.165, 1.54) is 0 Å². The summed E-state index contributed by atoms with van der Waals surface area (Å²) < 4.78 is 10.2. The molecule has 1 atom stereocenters. The molecule has 122 valence electrons. The van der Waals surface area contributed by atoms with Crippen LogP contribution in [0.4, 0.5) is 0 Å². The van der Waals surface area contributed by atoms with Crippen LogP contribution >= 0.6 is 0 Å². The zero-order valence-electron chi connectivity index (χ0n) is 13.5. The average molecular weight is 308 g/mol. The van der Waals surface area contributed by atoms with E-state index in [2.05, 4.69) is 0 Å². The minimum Gasteiger partial charge on any atom is -0.465 e. The fraction of sp³-hybridized carbons (Fsp3) is 0.750. The Hall–Kier alpha value is -2.08. The van der Waals surface area contributed by atoms with Gasteiger partial charge in [-0.1, -0.05) is 20.8 Å². The monoisotopic (exact) mass is 308 g/mol. The van der Waals surface area contributed by atoms with Gasteiger partial charge in [-0.05, 0) is 24.7 Å². The molecule has 0 spiro atoms. The van der Waals surface area contributed by atoms with Crippen molar-refractivity contribution in [3.8, 4) is 12.1 Å². The van der Waals surface area contributed by atoms with Crippen LogP contribution in [0.1, 0.15) is 46.5 Å². The van der Waals surface area contributed by atoms with Crippen molar-refractivity contribution in [2.75, 3.05) is 13.2 Å². The second-order valence-corrected chi connectivity index (χ2v) is 5.44. The van der Waals surface area contributed by atoms with Gasteiger partial charge in [0, 0.05) is 12.8 Å². The SMILES string of the molecule is CC(C)C(C)C(C(=O)OCCCC#N)C(=O)OCCCC#N. The van der Waals surface area contributed by atoms with Gasteiger partial charge >= 0.3 is 11.9 Å². The van der Waals surface area contributed by atoms with Gasteiger partial charge in [0.05, 0.1) is 25.4 Å². The van der Waals surface area contributed by atoms with Crippen LogP contribution in [0.3, 0.4) is 0 Å². The van der Waals surface area contributed by atoms with Crippen molar-refractivity contribution in [3.63, 3.8) is 0 Å². The molecule has 0 aliphatic carbocycles. The van der Waals surface area contributed by atoms with Gasteiger partial charge in [0.1, 0.15) is 0 Å². The molecule has 0 fully saturated rings. The lowest BCUT2D eigenvalue weighted by Gasteiger charge is -2.23. The first kappa shape index (κ1) is 19.9. The molecule has 0 rings (SSSR count). The van der Waals surface area contributed by atoms with Crippen molar-refractivity contribution in [2.45, 2.75) is 46.5 Å². The van der Waals surface area contributed by atoms with Gasteiger partial charge in [0.2, 0.25) is 0 Å². The maximum Gasteiger partial charge on any atom is 0.320 e. The second-order valence-electron chi connectivity index (χ2n) is 5.44. The summed E-state index contributed by atoms with van der Waals surface area (Å²) in [4.78, 5) is 24.2. The summed E-state index contributed by atoms with van der Waals surface area (Å²) in [6, 6.07) is 3.93. The highest BCUT2D eigenvalue weighted by molar-refractivity contribution is 5.95. The van der Waals surface area contributed by atoms with E-state index >= 15 is 0 Å². The summed E-state index contributed by atoms with van der Waals surface area (Å²) in [7, 11) is 0. The number of hydrogen-bond acceptors (Lipinski definition) is 6. The lowest BCUT2D eigenvalue weighted by molar-refractivity contribution is -0.165. The number of rotatable bonds is 10. The molecule has 6 heteroatoms. The van der Waals surface area contributed by atoms with Crippen LogP contribution in [0, 0.1) is 40.4 Å². The molecule has 0 aromatic rings. The van der Waals surface area contributed by atoms with Crippen LogP contribution in [0.5, 0.6) is 0 Å². The molecule has 0 N–H and O–H groups in total. The Morgan fingerprint density at radius 3 is 1.64 bits per heavy atom. The normalized spacial score (nSPS) is 11.6. The first-order valence-electron chi connectivity index (χ1n) is 7.52. The van der Waals surface area contributed by atoms with Gasteiger partial charge in [0.15, 0.2) is 5.92 Å². The Balaban J connectivity index is 4.61. The maximum absolute atomic E-state index is 12.1. The number of carbonyl (C=O) groups excluding carboxylic acids is 2. The molecule has 0 saturated carbocycles. The van der Waals surface area contributed by atoms with Crippen molar-refractivity contribution >= 4 is 11.9 Å². The average Bonchev–Trinajstić information content (AvgIpc) is 2.48. The third kappa shape index (κ3) is 7.64. The van der Waals surface area contributed by atoms with Gasteiger partial charge in [0.25, 0.3) is 0 Å². The predicted octanol–water partition coefficient (Wildman–Crippen LogP) is 2.59. The van der Waals surface area contributed by atoms with Crippen LogP contribution in [-0.4, -0.2) is 25.2 Å². The fourth-order valence-electron chi connectivity index (χ4n) is 1.74. The van der Waals surface area contributed by atoms with E-state index in [0.717, 1.165) is 0 Å². The molecule has 0 radical (unpaired) electrons. The fourth-order valence-corrected chi connectivity index (χ4v) is 1.74. The number of esters is 2. The summed E-state index contributed by atoms with van der Waals surface area (Å²) in [6.07, 6.45) is 1.50. The van der Waals surface area contributed by atoms with Crippen LogP contribution in [0.15, 0.2) is 0 Å². The Bertz CT molecular complexity index is 400. The van der Waals surface area contributed by atoms with Crippen molar-refractivity contribution in [1.82, 2.24) is 0 Å². The van der Waals surface area contributed by atoms with Crippen LogP contribution in [0.2, 0.25) is 0 Å². The first-order chi connectivity index (χ1) is 10.5. The molecule has 6 nitrogen and oxygen atoms in total. The molecule has 0 aliphatic heterocycles. The first-order valence-corrected chi connectivity index (χ1v) is 7.52. The van der Waals surface area contributed by atoms with Crippen molar-refractivity contribution in [1.29, 1.82) is 10.5 Å². The maximum atomic E-state index is 12.1. The molecule has 0 bridgehead atoms. The molecule has 0 saturated heterocycles. The third-order valence-corrected chi connectivity index (χ3v) is 3.44. The Kier molecular flexibility index (Phi) is 10.5. The summed E-state index contributed by atoms with van der Waals surface area (Å²) >= 11 is 0. The van der Waals surface area contributed by atoms with E-state index in [1.807, 2.05) is 32.9 Å². The quantitative estimate of drug-likeness (QED) is 0.349. The van der Waals surface area contributed by atoms with Gasteiger partial charge in [-0.15, -0.1) is 0 Å². The van der Waals surface area contributed by atoms with Crippen molar-refractivity contribution in [2.24, 2.45) is 17.8 Å². The highest BCUT2D eigenvalue weighted by Gasteiger charge is 2.36. The highest BCUT2D eigenvalue weighted by Crippen LogP contribution is 2.23. The van der Waals surface area contributed by atoms with Gasteiger partial charge < -0.3 is 9.47 Å². The van der Waals surface area contributed by atoms with Crippen LogP contribution in [0.25, 0.3) is 0 Å². The van der Waals surface area contributed by atoms with Crippen molar-refractivity contribution < 1.29 is 19.1 Å².